The van der Waals surface area contributed by atoms with Crippen molar-refractivity contribution in [2.45, 2.75) is 41.5 Å². The highest BCUT2D eigenvalue weighted by molar-refractivity contribution is 7.16. The number of amides is 1. The lowest BCUT2D eigenvalue weighted by molar-refractivity contribution is -0.114. The summed E-state index contributed by atoms with van der Waals surface area (Å²) in [6.45, 7) is 9.64. The maximum Gasteiger partial charge on any atom is 0.341 e. The van der Waals surface area contributed by atoms with Gasteiger partial charge in [-0.15, -0.1) is 11.3 Å². The highest BCUT2D eigenvalue weighted by Gasteiger charge is 2.25. The minimum absolute atomic E-state index is 0.193. The van der Waals surface area contributed by atoms with Crippen molar-refractivity contribution in [3.05, 3.63) is 38.5 Å². The zero-order valence-electron chi connectivity index (χ0n) is 17.3. The summed E-state index contributed by atoms with van der Waals surface area (Å²) in [5, 5.41) is 3.01. The first kappa shape index (κ1) is 22.4. The average Bonchev–Trinajstić information content (AvgIpc) is 3.07. The number of hydrogen-bond acceptors (Lipinski definition) is 7. The van der Waals surface area contributed by atoms with Gasteiger partial charge in [-0.2, -0.15) is 0 Å². The fourth-order valence-corrected chi connectivity index (χ4v) is 4.03. The monoisotopic (exact) mass is 420 g/mol. The lowest BCUT2D eigenvalue weighted by Gasteiger charge is -2.07. The second kappa shape index (κ2) is 9.04. The van der Waals surface area contributed by atoms with Crippen molar-refractivity contribution in [1.29, 1.82) is 0 Å². The largest absolute Gasteiger partial charge is 0.462 e. The van der Waals surface area contributed by atoms with Crippen molar-refractivity contribution < 1.29 is 28.7 Å². The molecule has 2 aromatic heterocycles. The summed E-state index contributed by atoms with van der Waals surface area (Å²) >= 11 is 1.27. The summed E-state index contributed by atoms with van der Waals surface area (Å²) in [5.41, 5.74) is 2.38. The number of rotatable bonds is 7. The number of anilines is 1. The Bertz CT molecular complexity index is 986. The Balaban J connectivity index is 2.18. The first-order valence-electron chi connectivity index (χ1n) is 9.02. The van der Waals surface area contributed by atoms with Crippen LogP contribution in [-0.4, -0.2) is 41.8 Å². The molecule has 0 spiro atoms. The van der Waals surface area contributed by atoms with Gasteiger partial charge in [0, 0.05) is 17.5 Å². The molecule has 2 aromatic rings. The van der Waals surface area contributed by atoms with Crippen molar-refractivity contribution >= 4 is 40.0 Å². The number of aryl methyl sites for hydroxylation is 2. The first-order valence-corrected chi connectivity index (χ1v) is 9.84. The van der Waals surface area contributed by atoms with Crippen LogP contribution in [-0.2, 0) is 14.3 Å². The second-order valence-electron chi connectivity index (χ2n) is 6.51. The maximum absolute atomic E-state index is 12.6. The zero-order chi connectivity index (χ0) is 21.9. The van der Waals surface area contributed by atoms with Crippen LogP contribution in [0.4, 0.5) is 5.00 Å². The lowest BCUT2D eigenvalue weighted by atomic mass is 10.1. The molecule has 0 atom stereocenters. The molecule has 156 valence electrons. The predicted molar refractivity (Wildman–Crippen MR) is 109 cm³/mol. The highest BCUT2D eigenvalue weighted by atomic mass is 32.1. The fourth-order valence-electron chi connectivity index (χ4n) is 2.93. The van der Waals surface area contributed by atoms with Crippen LogP contribution in [0.3, 0.4) is 0 Å². The van der Waals surface area contributed by atoms with E-state index in [0.29, 0.717) is 27.4 Å². The quantitative estimate of drug-likeness (QED) is 0.523. The molecule has 1 amide bonds. The topological polar surface area (TPSA) is 115 Å². The summed E-state index contributed by atoms with van der Waals surface area (Å²) in [6, 6.07) is 0. The molecule has 0 saturated carbocycles. The minimum atomic E-state index is -0.699. The molecule has 0 unspecified atom stereocenters. The number of esters is 2. The molecule has 29 heavy (non-hydrogen) atoms. The SMILES string of the molecule is CCOC(=O)c1c(C)[nH]c(C(=O)COC(=O)c2c(NC(C)=O)sc(C)c2C)c1C. The van der Waals surface area contributed by atoms with Crippen LogP contribution in [0.1, 0.15) is 66.7 Å². The van der Waals surface area contributed by atoms with Gasteiger partial charge in [-0.05, 0) is 45.7 Å². The van der Waals surface area contributed by atoms with Crippen molar-refractivity contribution in [3.8, 4) is 0 Å². The summed E-state index contributed by atoms with van der Waals surface area (Å²) in [6.07, 6.45) is 0. The van der Waals surface area contributed by atoms with E-state index in [2.05, 4.69) is 10.3 Å². The van der Waals surface area contributed by atoms with Gasteiger partial charge in [-0.25, -0.2) is 9.59 Å². The number of aromatic amines is 1. The number of H-pyrrole nitrogens is 1. The molecule has 0 bridgehead atoms. The number of Topliss-reactive ketones (excluding diaryl/α,β-unsaturated/α-hetero) is 1. The molecule has 0 aliphatic carbocycles. The van der Waals surface area contributed by atoms with Crippen LogP contribution < -0.4 is 5.32 Å². The van der Waals surface area contributed by atoms with Crippen molar-refractivity contribution in [1.82, 2.24) is 4.98 Å². The molecule has 0 aliphatic heterocycles. The van der Waals surface area contributed by atoms with E-state index in [1.165, 1.54) is 18.3 Å². The van der Waals surface area contributed by atoms with Gasteiger partial charge in [0.15, 0.2) is 6.61 Å². The van der Waals surface area contributed by atoms with Gasteiger partial charge in [0.25, 0.3) is 0 Å². The van der Waals surface area contributed by atoms with Gasteiger partial charge in [-0.3, -0.25) is 9.59 Å². The second-order valence-corrected chi connectivity index (χ2v) is 7.74. The molecule has 0 fully saturated rings. The molecule has 2 rings (SSSR count). The van der Waals surface area contributed by atoms with Gasteiger partial charge in [0.2, 0.25) is 11.7 Å². The van der Waals surface area contributed by atoms with E-state index in [1.54, 1.807) is 27.7 Å². The van der Waals surface area contributed by atoms with Crippen LogP contribution in [0.25, 0.3) is 0 Å². The Morgan fingerprint density at radius 1 is 0.966 bits per heavy atom. The van der Waals surface area contributed by atoms with E-state index in [-0.39, 0.29) is 23.8 Å². The number of hydrogen-bond donors (Lipinski definition) is 2. The third-order valence-corrected chi connectivity index (χ3v) is 5.53. The summed E-state index contributed by atoms with van der Waals surface area (Å²) in [5.74, 6) is -1.99. The average molecular weight is 420 g/mol. The molecule has 0 aliphatic rings. The first-order chi connectivity index (χ1) is 13.6. The lowest BCUT2D eigenvalue weighted by Crippen LogP contribution is -2.17. The number of carbonyl (C=O) groups excluding carboxylic acids is 4. The Kier molecular flexibility index (Phi) is 6.97. The number of nitrogens with one attached hydrogen (secondary N) is 2. The van der Waals surface area contributed by atoms with E-state index in [9.17, 15) is 19.2 Å². The van der Waals surface area contributed by atoms with Gasteiger partial charge >= 0.3 is 11.9 Å². The van der Waals surface area contributed by atoms with Crippen LogP contribution in [0.5, 0.6) is 0 Å². The number of thiophene rings is 1. The normalized spacial score (nSPS) is 10.6. The summed E-state index contributed by atoms with van der Waals surface area (Å²) in [7, 11) is 0. The maximum atomic E-state index is 12.6. The molecule has 2 N–H and O–H groups in total. The number of ketones is 1. The van der Waals surface area contributed by atoms with Crippen LogP contribution in [0.2, 0.25) is 0 Å². The Morgan fingerprint density at radius 2 is 1.59 bits per heavy atom. The minimum Gasteiger partial charge on any atom is -0.462 e. The molecule has 8 nitrogen and oxygen atoms in total. The van der Waals surface area contributed by atoms with Gasteiger partial charge in [-0.1, -0.05) is 0 Å². The Hall–Kier alpha value is -2.94. The van der Waals surface area contributed by atoms with E-state index in [0.717, 1.165) is 4.88 Å². The highest BCUT2D eigenvalue weighted by Crippen LogP contribution is 2.33. The van der Waals surface area contributed by atoms with E-state index < -0.39 is 24.3 Å². The summed E-state index contributed by atoms with van der Waals surface area (Å²) in [4.78, 5) is 52.3. The molecule has 0 saturated heterocycles. The summed E-state index contributed by atoms with van der Waals surface area (Å²) < 4.78 is 10.2. The fraction of sp³-hybridized carbons (Fsp3) is 0.400. The van der Waals surface area contributed by atoms with Crippen molar-refractivity contribution in [2.75, 3.05) is 18.5 Å². The van der Waals surface area contributed by atoms with E-state index in [4.69, 9.17) is 9.47 Å². The van der Waals surface area contributed by atoms with Crippen molar-refractivity contribution in [2.24, 2.45) is 0 Å². The Labute approximate surface area is 172 Å². The molecular formula is C20H24N2O6S. The van der Waals surface area contributed by atoms with Gasteiger partial charge < -0.3 is 19.8 Å². The van der Waals surface area contributed by atoms with E-state index in [1.807, 2.05) is 6.92 Å². The van der Waals surface area contributed by atoms with Crippen LogP contribution in [0.15, 0.2) is 0 Å². The standard InChI is InChI=1S/C20H24N2O6S/c1-7-27-19(25)15-10(3)17(21-11(15)4)14(24)8-28-20(26)16-9(2)12(5)29-18(16)22-13(6)23/h21H,7-8H2,1-6H3,(H,22,23). The number of aromatic nitrogens is 1. The number of ether oxygens (including phenoxy) is 2. The molecule has 2 heterocycles. The van der Waals surface area contributed by atoms with Crippen molar-refractivity contribution in [3.63, 3.8) is 0 Å². The third-order valence-electron chi connectivity index (χ3n) is 4.41. The third kappa shape index (κ3) is 4.73. The van der Waals surface area contributed by atoms with Crippen LogP contribution in [0, 0.1) is 27.7 Å². The molecule has 0 radical (unpaired) electrons. The smallest absolute Gasteiger partial charge is 0.341 e. The molecule has 0 aromatic carbocycles. The predicted octanol–water partition coefficient (Wildman–Crippen LogP) is 3.48. The molecular weight excluding hydrogens is 396 g/mol. The van der Waals surface area contributed by atoms with Gasteiger partial charge in [0.05, 0.1) is 23.4 Å². The van der Waals surface area contributed by atoms with Crippen LogP contribution >= 0.6 is 11.3 Å². The number of carbonyl (C=O) groups is 4. The Morgan fingerprint density at radius 3 is 2.17 bits per heavy atom. The molecule has 9 heteroatoms. The van der Waals surface area contributed by atoms with E-state index >= 15 is 0 Å². The zero-order valence-corrected chi connectivity index (χ0v) is 18.1. The van der Waals surface area contributed by atoms with Gasteiger partial charge in [0.1, 0.15) is 5.00 Å².